The molecule has 0 fully saturated rings. The van der Waals surface area contributed by atoms with Gasteiger partial charge in [-0.25, -0.2) is 4.79 Å². The molecule has 1 N–H and O–H groups in total. The number of carboxylic acid groups (broad SMARTS) is 1. The number of aryl methyl sites for hydroxylation is 1. The van der Waals surface area contributed by atoms with Crippen LogP contribution in [-0.2, 0) is 0 Å². The van der Waals surface area contributed by atoms with Gasteiger partial charge in [-0.05, 0) is 38.5 Å². The fourth-order valence-electron chi connectivity index (χ4n) is 2.35. The Bertz CT molecular complexity index is 675. The molecule has 1 aromatic heterocycles. The van der Waals surface area contributed by atoms with E-state index >= 15 is 0 Å². The van der Waals surface area contributed by atoms with E-state index in [0.717, 1.165) is 16.5 Å². The second-order valence-electron chi connectivity index (χ2n) is 4.59. The molecule has 1 aromatic carbocycles. The summed E-state index contributed by atoms with van der Waals surface area (Å²) in [6, 6.07) is 7.38. The maximum atomic E-state index is 11.4. The van der Waals surface area contributed by atoms with Gasteiger partial charge < -0.3 is 9.67 Å². The first-order valence-electron chi connectivity index (χ1n) is 5.75. The first-order chi connectivity index (χ1) is 8.47. The van der Waals surface area contributed by atoms with Crippen molar-refractivity contribution in [3.05, 3.63) is 35.0 Å². The third-order valence-corrected chi connectivity index (χ3v) is 3.11. The summed E-state index contributed by atoms with van der Waals surface area (Å²) in [4.78, 5) is 11.4. The lowest BCUT2D eigenvalue weighted by Gasteiger charge is -2.12. The van der Waals surface area contributed by atoms with Crippen molar-refractivity contribution >= 4 is 16.9 Å². The average molecular weight is 242 g/mol. The van der Waals surface area contributed by atoms with E-state index in [9.17, 15) is 9.90 Å². The smallest absolute Gasteiger partial charge is 0.352 e. The summed E-state index contributed by atoms with van der Waals surface area (Å²) >= 11 is 0. The number of nitrogens with zero attached hydrogens (tertiary/aromatic N) is 2. The second-order valence-corrected chi connectivity index (χ2v) is 4.59. The summed E-state index contributed by atoms with van der Waals surface area (Å²) in [5.41, 5.74) is 2.39. The van der Waals surface area contributed by atoms with Gasteiger partial charge in [0, 0.05) is 11.4 Å². The molecule has 0 amide bonds. The SMILES string of the molecule is Cc1c(C(=O)O)n(C(C)C)c2cc(C#N)ccc12. The average Bonchev–Trinajstić information content (AvgIpc) is 2.62. The molecule has 4 heteroatoms. The van der Waals surface area contributed by atoms with Crippen molar-refractivity contribution in [3.63, 3.8) is 0 Å². The third-order valence-electron chi connectivity index (χ3n) is 3.11. The minimum absolute atomic E-state index is 0.0289. The number of carboxylic acids is 1. The molecule has 18 heavy (non-hydrogen) atoms. The molecule has 1 heterocycles. The Morgan fingerprint density at radius 3 is 2.61 bits per heavy atom. The van der Waals surface area contributed by atoms with Crippen molar-refractivity contribution in [3.8, 4) is 6.07 Å². The van der Waals surface area contributed by atoms with Gasteiger partial charge in [-0.3, -0.25) is 0 Å². The lowest BCUT2D eigenvalue weighted by atomic mass is 10.1. The molecule has 92 valence electrons. The van der Waals surface area contributed by atoms with E-state index in [4.69, 9.17) is 5.26 Å². The topological polar surface area (TPSA) is 66.0 Å². The van der Waals surface area contributed by atoms with E-state index in [2.05, 4.69) is 6.07 Å². The number of nitriles is 1. The number of hydrogen-bond donors (Lipinski definition) is 1. The number of fused-ring (bicyclic) bond motifs is 1. The minimum atomic E-state index is -0.934. The Morgan fingerprint density at radius 1 is 1.44 bits per heavy atom. The van der Waals surface area contributed by atoms with Crippen LogP contribution >= 0.6 is 0 Å². The maximum absolute atomic E-state index is 11.4. The van der Waals surface area contributed by atoms with Crippen LogP contribution in [0.5, 0.6) is 0 Å². The molecular weight excluding hydrogens is 228 g/mol. The summed E-state index contributed by atoms with van der Waals surface area (Å²) < 4.78 is 1.77. The van der Waals surface area contributed by atoms with Crippen LogP contribution in [0.1, 0.15) is 41.5 Å². The van der Waals surface area contributed by atoms with Gasteiger partial charge in [0.15, 0.2) is 0 Å². The summed E-state index contributed by atoms with van der Waals surface area (Å²) in [5, 5.41) is 19.2. The third kappa shape index (κ3) is 1.65. The molecule has 0 aliphatic rings. The largest absolute Gasteiger partial charge is 0.477 e. The van der Waals surface area contributed by atoms with E-state index < -0.39 is 5.97 Å². The number of aromatic nitrogens is 1. The normalized spacial score (nSPS) is 10.8. The van der Waals surface area contributed by atoms with Crippen LogP contribution in [0.3, 0.4) is 0 Å². The Hall–Kier alpha value is -2.28. The lowest BCUT2D eigenvalue weighted by Crippen LogP contribution is -2.11. The summed E-state index contributed by atoms with van der Waals surface area (Å²) in [7, 11) is 0. The fourth-order valence-corrected chi connectivity index (χ4v) is 2.35. The van der Waals surface area contributed by atoms with Crippen LogP contribution in [0.4, 0.5) is 0 Å². The Labute approximate surface area is 105 Å². The van der Waals surface area contributed by atoms with Crippen LogP contribution in [0.15, 0.2) is 18.2 Å². The Balaban J connectivity index is 2.94. The molecule has 0 saturated carbocycles. The van der Waals surface area contributed by atoms with Crippen LogP contribution in [0.2, 0.25) is 0 Å². The maximum Gasteiger partial charge on any atom is 0.352 e. The minimum Gasteiger partial charge on any atom is -0.477 e. The zero-order valence-electron chi connectivity index (χ0n) is 10.6. The van der Waals surface area contributed by atoms with Gasteiger partial charge in [0.05, 0.1) is 17.1 Å². The van der Waals surface area contributed by atoms with E-state index in [1.165, 1.54) is 0 Å². The van der Waals surface area contributed by atoms with Crippen molar-refractivity contribution in [2.75, 3.05) is 0 Å². The monoisotopic (exact) mass is 242 g/mol. The molecule has 0 atom stereocenters. The van der Waals surface area contributed by atoms with Crippen molar-refractivity contribution in [1.29, 1.82) is 5.26 Å². The van der Waals surface area contributed by atoms with Crippen LogP contribution < -0.4 is 0 Å². The van der Waals surface area contributed by atoms with Gasteiger partial charge in [-0.2, -0.15) is 5.26 Å². The van der Waals surface area contributed by atoms with Gasteiger partial charge in [-0.1, -0.05) is 6.07 Å². The molecule has 0 unspecified atom stereocenters. The number of carbonyl (C=O) groups is 1. The van der Waals surface area contributed by atoms with Gasteiger partial charge >= 0.3 is 5.97 Å². The molecule has 0 radical (unpaired) electrons. The quantitative estimate of drug-likeness (QED) is 0.879. The van der Waals surface area contributed by atoms with Crippen LogP contribution in [0, 0.1) is 18.3 Å². The first kappa shape index (κ1) is 12.2. The molecule has 0 bridgehead atoms. The standard InChI is InChI=1S/C14H14N2O2/c1-8(2)16-12-6-10(7-15)4-5-11(12)9(3)13(16)14(17)18/h4-6,8H,1-3H3,(H,17,18). The predicted molar refractivity (Wildman–Crippen MR) is 68.7 cm³/mol. The first-order valence-corrected chi connectivity index (χ1v) is 5.75. The number of hydrogen-bond acceptors (Lipinski definition) is 2. The van der Waals surface area contributed by atoms with E-state index in [0.29, 0.717) is 11.3 Å². The van der Waals surface area contributed by atoms with Crippen molar-refractivity contribution in [2.24, 2.45) is 0 Å². The van der Waals surface area contributed by atoms with Gasteiger partial charge in [0.2, 0.25) is 0 Å². The molecule has 0 aliphatic heterocycles. The molecule has 0 spiro atoms. The highest BCUT2D eigenvalue weighted by Crippen LogP contribution is 2.29. The molecule has 0 aliphatic carbocycles. The second kappa shape index (κ2) is 4.19. The summed E-state index contributed by atoms with van der Waals surface area (Å²) in [5.74, 6) is -0.934. The lowest BCUT2D eigenvalue weighted by molar-refractivity contribution is 0.0683. The Morgan fingerprint density at radius 2 is 2.11 bits per heavy atom. The van der Waals surface area contributed by atoms with Gasteiger partial charge in [-0.15, -0.1) is 0 Å². The highest BCUT2D eigenvalue weighted by atomic mass is 16.4. The highest BCUT2D eigenvalue weighted by Gasteiger charge is 2.21. The zero-order valence-corrected chi connectivity index (χ0v) is 10.6. The molecule has 2 rings (SSSR count). The molecule has 4 nitrogen and oxygen atoms in total. The predicted octanol–water partition coefficient (Wildman–Crippen LogP) is 3.10. The Kier molecular flexibility index (Phi) is 2.84. The zero-order chi connectivity index (χ0) is 13.4. The summed E-state index contributed by atoms with van der Waals surface area (Å²) in [6.07, 6.45) is 0. The molecule has 2 aromatic rings. The van der Waals surface area contributed by atoms with Crippen molar-refractivity contribution in [1.82, 2.24) is 4.57 Å². The molecule has 0 saturated heterocycles. The van der Waals surface area contributed by atoms with Crippen LogP contribution in [0.25, 0.3) is 10.9 Å². The highest BCUT2D eigenvalue weighted by molar-refractivity contribution is 5.98. The van der Waals surface area contributed by atoms with Gasteiger partial charge in [0.25, 0.3) is 0 Å². The number of benzene rings is 1. The fraction of sp³-hybridized carbons (Fsp3) is 0.286. The number of rotatable bonds is 2. The van der Waals surface area contributed by atoms with Crippen LogP contribution in [-0.4, -0.2) is 15.6 Å². The number of aromatic carboxylic acids is 1. The van der Waals surface area contributed by atoms with Crippen molar-refractivity contribution in [2.45, 2.75) is 26.8 Å². The van der Waals surface area contributed by atoms with E-state index in [1.807, 2.05) is 19.9 Å². The van der Waals surface area contributed by atoms with E-state index in [1.54, 1.807) is 23.6 Å². The van der Waals surface area contributed by atoms with Crippen molar-refractivity contribution < 1.29 is 9.90 Å². The summed E-state index contributed by atoms with van der Waals surface area (Å²) in [6.45, 7) is 5.67. The molecular formula is C14H14N2O2. The van der Waals surface area contributed by atoms with E-state index in [-0.39, 0.29) is 6.04 Å². The van der Waals surface area contributed by atoms with Gasteiger partial charge in [0.1, 0.15) is 5.69 Å².